The zero-order valence-electron chi connectivity index (χ0n) is 11.8. The van der Waals surface area contributed by atoms with Crippen LogP contribution in [-0.4, -0.2) is 25.2 Å². The summed E-state index contributed by atoms with van der Waals surface area (Å²) in [7, 11) is 4.08. The molecule has 1 saturated carbocycles. The van der Waals surface area contributed by atoms with E-state index >= 15 is 0 Å². The highest BCUT2D eigenvalue weighted by Crippen LogP contribution is 2.18. The molecule has 0 unspecified atom stereocenters. The molecule has 4 heteroatoms. The lowest BCUT2D eigenvalue weighted by Crippen LogP contribution is -2.38. The number of rotatable bonds is 3. The first kappa shape index (κ1) is 14.1. The maximum absolute atomic E-state index is 5.37. The van der Waals surface area contributed by atoms with Gasteiger partial charge in [0.05, 0.1) is 0 Å². The van der Waals surface area contributed by atoms with Gasteiger partial charge in [-0.1, -0.05) is 19.3 Å². The maximum atomic E-state index is 5.37. The van der Waals surface area contributed by atoms with E-state index in [0.29, 0.717) is 6.04 Å². The molecule has 19 heavy (non-hydrogen) atoms. The van der Waals surface area contributed by atoms with Crippen LogP contribution < -0.4 is 15.5 Å². The summed E-state index contributed by atoms with van der Waals surface area (Å²) < 4.78 is 0. The molecule has 2 rings (SSSR count). The molecule has 0 spiro atoms. The summed E-state index contributed by atoms with van der Waals surface area (Å²) in [6, 6.07) is 8.85. The number of hydrogen-bond donors (Lipinski definition) is 2. The van der Waals surface area contributed by atoms with Gasteiger partial charge in [-0.3, -0.25) is 0 Å². The average molecular weight is 277 g/mol. The summed E-state index contributed by atoms with van der Waals surface area (Å²) in [5.74, 6) is 0. The van der Waals surface area contributed by atoms with E-state index in [-0.39, 0.29) is 0 Å². The zero-order valence-corrected chi connectivity index (χ0v) is 12.6. The van der Waals surface area contributed by atoms with Crippen LogP contribution in [0.4, 0.5) is 11.4 Å². The standard InChI is InChI=1S/C15H23N3S/c1-18(2)14-10-8-13(9-11-14)17-15(19)16-12-6-4-3-5-7-12/h8-12H,3-7H2,1-2H3,(H2,16,17,19). The Bertz CT molecular complexity index is 408. The molecule has 0 bridgehead atoms. The van der Waals surface area contributed by atoms with Gasteiger partial charge in [0.2, 0.25) is 0 Å². The Kier molecular flexibility index (Phi) is 5.02. The van der Waals surface area contributed by atoms with Crippen molar-refractivity contribution < 1.29 is 0 Å². The molecule has 1 aromatic rings. The van der Waals surface area contributed by atoms with Gasteiger partial charge in [-0.2, -0.15) is 0 Å². The SMILES string of the molecule is CN(C)c1ccc(NC(=S)NC2CCCCC2)cc1. The Hall–Kier alpha value is -1.29. The summed E-state index contributed by atoms with van der Waals surface area (Å²) >= 11 is 5.37. The molecular formula is C15H23N3S. The molecule has 0 heterocycles. The highest BCUT2D eigenvalue weighted by molar-refractivity contribution is 7.80. The number of benzene rings is 1. The Morgan fingerprint density at radius 1 is 1.11 bits per heavy atom. The van der Waals surface area contributed by atoms with E-state index in [1.807, 2.05) is 14.1 Å². The quantitative estimate of drug-likeness (QED) is 0.828. The first-order valence-electron chi connectivity index (χ1n) is 7.00. The van der Waals surface area contributed by atoms with Crippen molar-refractivity contribution in [3.63, 3.8) is 0 Å². The summed E-state index contributed by atoms with van der Waals surface area (Å²) in [5, 5.41) is 7.41. The van der Waals surface area contributed by atoms with Gasteiger partial charge in [-0.15, -0.1) is 0 Å². The molecule has 104 valence electrons. The highest BCUT2D eigenvalue weighted by Gasteiger charge is 2.13. The zero-order chi connectivity index (χ0) is 13.7. The summed E-state index contributed by atoms with van der Waals surface area (Å²) in [4.78, 5) is 2.09. The first-order chi connectivity index (χ1) is 9.15. The van der Waals surface area contributed by atoms with E-state index < -0.39 is 0 Å². The van der Waals surface area contributed by atoms with Crippen LogP contribution in [0.25, 0.3) is 0 Å². The number of thiocarbonyl (C=S) groups is 1. The Morgan fingerprint density at radius 2 is 1.74 bits per heavy atom. The average Bonchev–Trinajstić information content (AvgIpc) is 2.40. The van der Waals surface area contributed by atoms with Crippen LogP contribution in [0.1, 0.15) is 32.1 Å². The summed E-state index contributed by atoms with van der Waals surface area (Å²) in [5.41, 5.74) is 2.23. The molecular weight excluding hydrogens is 254 g/mol. The maximum Gasteiger partial charge on any atom is 0.170 e. The Balaban J connectivity index is 1.84. The molecule has 1 aliphatic rings. The van der Waals surface area contributed by atoms with Crippen LogP contribution >= 0.6 is 12.2 Å². The Morgan fingerprint density at radius 3 is 2.32 bits per heavy atom. The number of hydrogen-bond acceptors (Lipinski definition) is 2. The molecule has 0 atom stereocenters. The smallest absolute Gasteiger partial charge is 0.170 e. The van der Waals surface area contributed by atoms with Gasteiger partial charge in [0.25, 0.3) is 0 Å². The summed E-state index contributed by atoms with van der Waals surface area (Å²) in [6.07, 6.45) is 6.47. The van der Waals surface area contributed by atoms with Crippen LogP contribution in [-0.2, 0) is 0 Å². The van der Waals surface area contributed by atoms with E-state index in [1.54, 1.807) is 0 Å². The third-order valence-electron chi connectivity index (χ3n) is 3.58. The first-order valence-corrected chi connectivity index (χ1v) is 7.41. The number of anilines is 2. The van der Waals surface area contributed by atoms with Crippen molar-refractivity contribution in [3.8, 4) is 0 Å². The van der Waals surface area contributed by atoms with Crippen LogP contribution in [0.3, 0.4) is 0 Å². The molecule has 0 radical (unpaired) electrons. The van der Waals surface area contributed by atoms with Gasteiger partial charge in [0, 0.05) is 31.5 Å². The topological polar surface area (TPSA) is 27.3 Å². The van der Waals surface area contributed by atoms with E-state index in [2.05, 4.69) is 39.8 Å². The van der Waals surface area contributed by atoms with Gasteiger partial charge in [0.15, 0.2) is 5.11 Å². The molecule has 1 fully saturated rings. The van der Waals surface area contributed by atoms with Crippen molar-refractivity contribution in [3.05, 3.63) is 24.3 Å². The minimum atomic E-state index is 0.551. The lowest BCUT2D eigenvalue weighted by Gasteiger charge is -2.24. The van der Waals surface area contributed by atoms with Crippen LogP contribution in [0.5, 0.6) is 0 Å². The van der Waals surface area contributed by atoms with E-state index in [1.165, 1.54) is 37.8 Å². The molecule has 0 saturated heterocycles. The van der Waals surface area contributed by atoms with Gasteiger partial charge >= 0.3 is 0 Å². The van der Waals surface area contributed by atoms with Crippen molar-refractivity contribution in [2.24, 2.45) is 0 Å². The molecule has 0 aliphatic heterocycles. The molecule has 3 nitrogen and oxygen atoms in total. The number of nitrogens with one attached hydrogen (secondary N) is 2. The lowest BCUT2D eigenvalue weighted by molar-refractivity contribution is 0.415. The fourth-order valence-corrected chi connectivity index (χ4v) is 2.73. The van der Waals surface area contributed by atoms with E-state index in [0.717, 1.165) is 10.8 Å². The van der Waals surface area contributed by atoms with Crippen LogP contribution in [0, 0.1) is 0 Å². The predicted octanol–water partition coefficient (Wildman–Crippen LogP) is 3.37. The van der Waals surface area contributed by atoms with Crippen molar-refractivity contribution >= 4 is 28.7 Å². The minimum absolute atomic E-state index is 0.551. The minimum Gasteiger partial charge on any atom is -0.378 e. The van der Waals surface area contributed by atoms with Gasteiger partial charge in [-0.25, -0.2) is 0 Å². The third kappa shape index (κ3) is 4.39. The fraction of sp³-hybridized carbons (Fsp3) is 0.533. The highest BCUT2D eigenvalue weighted by atomic mass is 32.1. The van der Waals surface area contributed by atoms with Crippen LogP contribution in [0.15, 0.2) is 24.3 Å². The normalized spacial score (nSPS) is 15.9. The van der Waals surface area contributed by atoms with Gasteiger partial charge in [-0.05, 0) is 49.3 Å². The monoisotopic (exact) mass is 277 g/mol. The van der Waals surface area contributed by atoms with Crippen molar-refractivity contribution in [1.29, 1.82) is 0 Å². The van der Waals surface area contributed by atoms with Crippen molar-refractivity contribution in [2.75, 3.05) is 24.3 Å². The lowest BCUT2D eigenvalue weighted by atomic mass is 9.96. The van der Waals surface area contributed by atoms with Gasteiger partial charge < -0.3 is 15.5 Å². The molecule has 2 N–H and O–H groups in total. The van der Waals surface area contributed by atoms with E-state index in [9.17, 15) is 0 Å². The molecule has 1 aliphatic carbocycles. The summed E-state index contributed by atoms with van der Waals surface area (Å²) in [6.45, 7) is 0. The number of nitrogens with zero attached hydrogens (tertiary/aromatic N) is 1. The van der Waals surface area contributed by atoms with Gasteiger partial charge in [0.1, 0.15) is 0 Å². The third-order valence-corrected chi connectivity index (χ3v) is 3.80. The predicted molar refractivity (Wildman–Crippen MR) is 87.0 cm³/mol. The molecule has 0 aromatic heterocycles. The second kappa shape index (κ2) is 6.75. The van der Waals surface area contributed by atoms with E-state index in [4.69, 9.17) is 12.2 Å². The second-order valence-electron chi connectivity index (χ2n) is 5.37. The molecule has 1 aromatic carbocycles. The van der Waals surface area contributed by atoms with Crippen LogP contribution in [0.2, 0.25) is 0 Å². The molecule has 0 amide bonds. The Labute approximate surface area is 121 Å². The van der Waals surface area contributed by atoms with Crippen molar-refractivity contribution in [1.82, 2.24) is 5.32 Å². The van der Waals surface area contributed by atoms with Crippen molar-refractivity contribution in [2.45, 2.75) is 38.1 Å². The second-order valence-corrected chi connectivity index (χ2v) is 5.78. The largest absolute Gasteiger partial charge is 0.378 e. The fourth-order valence-electron chi connectivity index (χ4n) is 2.44.